The summed E-state index contributed by atoms with van der Waals surface area (Å²) in [5, 5.41) is 11.1. The number of hydrogen-bond acceptors (Lipinski definition) is 4. The Balaban J connectivity index is 4.33. The Morgan fingerprint density at radius 2 is 1.94 bits per heavy atom. The predicted octanol–water partition coefficient (Wildman–Crippen LogP) is 0.165. The Hall–Kier alpha value is -1.59. The molecule has 0 fully saturated rings. The summed E-state index contributed by atoms with van der Waals surface area (Å²) in [6, 6.07) is -1.06. The fourth-order valence-corrected chi connectivity index (χ4v) is 1.20. The largest absolute Gasteiger partial charge is 0.480 e. The highest BCUT2D eigenvalue weighted by atomic mass is 16.5. The molecule has 0 aliphatic rings. The number of carbonyl (C=O) groups is 3. The minimum Gasteiger partial charge on any atom is -0.480 e. The van der Waals surface area contributed by atoms with E-state index in [9.17, 15) is 14.4 Å². The minimum atomic E-state index is -1.16. The van der Waals surface area contributed by atoms with Crippen LogP contribution in [-0.4, -0.2) is 35.6 Å². The molecule has 0 saturated heterocycles. The number of hydrogen-bond donors (Lipinski definition) is 2. The van der Waals surface area contributed by atoms with Crippen molar-refractivity contribution in [1.82, 2.24) is 5.32 Å². The number of aliphatic carboxylic acids is 1. The van der Waals surface area contributed by atoms with E-state index in [1.165, 1.54) is 6.92 Å². The van der Waals surface area contributed by atoms with Crippen LogP contribution in [0.15, 0.2) is 0 Å². The van der Waals surface area contributed by atoms with E-state index in [1.54, 1.807) is 13.8 Å². The first-order valence-corrected chi connectivity index (χ1v) is 5.05. The van der Waals surface area contributed by atoms with Crippen molar-refractivity contribution in [2.45, 2.75) is 33.2 Å². The van der Waals surface area contributed by atoms with Gasteiger partial charge in [-0.2, -0.15) is 0 Å². The van der Waals surface area contributed by atoms with Gasteiger partial charge in [-0.15, -0.1) is 0 Å². The number of carboxylic acids is 1. The Morgan fingerprint density at radius 1 is 1.38 bits per heavy atom. The molecular weight excluding hydrogens is 214 g/mol. The van der Waals surface area contributed by atoms with Crippen molar-refractivity contribution in [3.8, 4) is 0 Å². The van der Waals surface area contributed by atoms with Crippen molar-refractivity contribution in [2.75, 3.05) is 6.61 Å². The Kier molecular flexibility index (Phi) is 6.14. The van der Waals surface area contributed by atoms with Gasteiger partial charge in [0.25, 0.3) is 0 Å². The van der Waals surface area contributed by atoms with E-state index in [0.717, 1.165) is 0 Å². The molecule has 0 aliphatic heterocycles. The average molecular weight is 231 g/mol. The van der Waals surface area contributed by atoms with Crippen molar-refractivity contribution in [3.05, 3.63) is 0 Å². The number of esters is 1. The Bertz CT molecular complexity index is 276. The number of ether oxygens (including phenoxy) is 1. The van der Waals surface area contributed by atoms with Gasteiger partial charge in [0.05, 0.1) is 12.5 Å². The van der Waals surface area contributed by atoms with Gasteiger partial charge in [-0.1, -0.05) is 6.92 Å². The summed E-state index contributed by atoms with van der Waals surface area (Å²) in [5.74, 6) is -2.62. The summed E-state index contributed by atoms with van der Waals surface area (Å²) in [7, 11) is 0. The highest BCUT2D eigenvalue weighted by Gasteiger charge is 2.25. The number of nitrogens with one attached hydrogen (secondary N) is 1. The Labute approximate surface area is 94.0 Å². The van der Waals surface area contributed by atoms with E-state index in [-0.39, 0.29) is 13.0 Å². The zero-order valence-corrected chi connectivity index (χ0v) is 9.65. The van der Waals surface area contributed by atoms with E-state index < -0.39 is 29.8 Å². The average Bonchev–Trinajstić information content (AvgIpc) is 2.16. The van der Waals surface area contributed by atoms with Crippen molar-refractivity contribution in [2.24, 2.45) is 5.92 Å². The van der Waals surface area contributed by atoms with Crippen molar-refractivity contribution in [1.29, 1.82) is 0 Å². The van der Waals surface area contributed by atoms with E-state index in [1.807, 2.05) is 0 Å². The second-order valence-electron chi connectivity index (χ2n) is 3.48. The third kappa shape index (κ3) is 5.33. The van der Waals surface area contributed by atoms with Gasteiger partial charge in [0, 0.05) is 6.92 Å². The molecule has 0 aromatic carbocycles. The zero-order chi connectivity index (χ0) is 12.7. The number of amides is 1. The highest BCUT2D eigenvalue weighted by Crippen LogP contribution is 2.08. The lowest BCUT2D eigenvalue weighted by molar-refractivity contribution is -0.149. The van der Waals surface area contributed by atoms with Crippen LogP contribution in [0.5, 0.6) is 0 Å². The lowest BCUT2D eigenvalue weighted by atomic mass is 10.0. The maximum absolute atomic E-state index is 11.3. The van der Waals surface area contributed by atoms with Gasteiger partial charge in [0.15, 0.2) is 0 Å². The van der Waals surface area contributed by atoms with Gasteiger partial charge in [-0.3, -0.25) is 9.59 Å². The van der Waals surface area contributed by atoms with Gasteiger partial charge in [-0.25, -0.2) is 4.79 Å². The summed E-state index contributed by atoms with van der Waals surface area (Å²) < 4.78 is 4.74. The first-order valence-electron chi connectivity index (χ1n) is 5.05. The van der Waals surface area contributed by atoms with Gasteiger partial charge in [-0.05, 0) is 13.3 Å². The molecular formula is C10H17NO5. The fraction of sp³-hybridized carbons (Fsp3) is 0.700. The third-order valence-electron chi connectivity index (χ3n) is 1.95. The molecule has 0 spiro atoms. The second-order valence-corrected chi connectivity index (χ2v) is 3.48. The minimum absolute atomic E-state index is 0.0216. The quantitative estimate of drug-likeness (QED) is 0.635. The maximum atomic E-state index is 11.3. The summed E-state index contributed by atoms with van der Waals surface area (Å²) >= 11 is 0. The smallest absolute Gasteiger partial charge is 0.326 e. The van der Waals surface area contributed by atoms with Crippen LogP contribution in [-0.2, 0) is 19.1 Å². The third-order valence-corrected chi connectivity index (χ3v) is 1.95. The second kappa shape index (κ2) is 6.81. The molecule has 6 heteroatoms. The molecule has 0 heterocycles. The van der Waals surface area contributed by atoms with Crippen LogP contribution in [0.25, 0.3) is 0 Å². The van der Waals surface area contributed by atoms with E-state index in [2.05, 4.69) is 5.32 Å². The summed E-state index contributed by atoms with van der Waals surface area (Å²) in [5.41, 5.74) is 0. The number of carboxylic acid groups (broad SMARTS) is 1. The normalized spacial score (nSPS) is 13.7. The summed E-state index contributed by atoms with van der Waals surface area (Å²) in [4.78, 5) is 32.8. The van der Waals surface area contributed by atoms with Gasteiger partial charge < -0.3 is 15.2 Å². The molecule has 92 valence electrons. The van der Waals surface area contributed by atoms with Crippen molar-refractivity contribution in [3.63, 3.8) is 0 Å². The van der Waals surface area contributed by atoms with Crippen LogP contribution in [0.1, 0.15) is 27.2 Å². The van der Waals surface area contributed by atoms with E-state index >= 15 is 0 Å². The standard InChI is InChI=1S/C10H17NO5/c1-4-16-10(15)6(2)5-8(9(13)14)11-7(3)12/h6,8H,4-5H2,1-3H3,(H,11,12)(H,13,14)/t6-,8+/m0/s1. The SMILES string of the molecule is CCOC(=O)[C@@H](C)C[C@@H](NC(C)=O)C(=O)O. The number of rotatable bonds is 6. The van der Waals surface area contributed by atoms with Crippen molar-refractivity contribution >= 4 is 17.8 Å². The van der Waals surface area contributed by atoms with Gasteiger partial charge in [0.2, 0.25) is 5.91 Å². The molecule has 1 amide bonds. The zero-order valence-electron chi connectivity index (χ0n) is 9.65. The Morgan fingerprint density at radius 3 is 2.31 bits per heavy atom. The molecule has 2 N–H and O–H groups in total. The lowest BCUT2D eigenvalue weighted by Crippen LogP contribution is -2.41. The first kappa shape index (κ1) is 14.4. The first-order chi connectivity index (χ1) is 7.38. The molecule has 0 aromatic rings. The van der Waals surface area contributed by atoms with Crippen LogP contribution < -0.4 is 5.32 Å². The van der Waals surface area contributed by atoms with Crippen LogP contribution in [0.4, 0.5) is 0 Å². The summed E-state index contributed by atoms with van der Waals surface area (Å²) in [6.45, 7) is 4.72. The van der Waals surface area contributed by atoms with Crippen LogP contribution in [0.2, 0.25) is 0 Å². The monoisotopic (exact) mass is 231 g/mol. The molecule has 0 unspecified atom stereocenters. The predicted molar refractivity (Wildman–Crippen MR) is 55.7 cm³/mol. The maximum Gasteiger partial charge on any atom is 0.326 e. The van der Waals surface area contributed by atoms with E-state index in [0.29, 0.717) is 0 Å². The molecule has 16 heavy (non-hydrogen) atoms. The van der Waals surface area contributed by atoms with Crippen LogP contribution in [0, 0.1) is 5.92 Å². The molecule has 6 nitrogen and oxygen atoms in total. The molecule has 0 radical (unpaired) electrons. The highest BCUT2D eigenvalue weighted by molar-refractivity contribution is 5.83. The number of carbonyl (C=O) groups excluding carboxylic acids is 2. The molecule has 0 saturated carbocycles. The molecule has 2 atom stereocenters. The topological polar surface area (TPSA) is 92.7 Å². The molecule has 0 aromatic heterocycles. The van der Waals surface area contributed by atoms with Crippen LogP contribution >= 0.6 is 0 Å². The van der Waals surface area contributed by atoms with Crippen LogP contribution in [0.3, 0.4) is 0 Å². The van der Waals surface area contributed by atoms with Crippen molar-refractivity contribution < 1.29 is 24.2 Å². The van der Waals surface area contributed by atoms with E-state index in [4.69, 9.17) is 9.84 Å². The molecule has 0 aliphatic carbocycles. The molecule has 0 bridgehead atoms. The summed E-state index contributed by atoms with van der Waals surface area (Å²) in [6.07, 6.45) is 0.0216. The lowest BCUT2D eigenvalue weighted by Gasteiger charge is -2.16. The van der Waals surface area contributed by atoms with Gasteiger partial charge >= 0.3 is 11.9 Å². The molecule has 0 rings (SSSR count). The van der Waals surface area contributed by atoms with Gasteiger partial charge in [0.1, 0.15) is 6.04 Å². The fourth-order valence-electron chi connectivity index (χ4n) is 1.20.